The van der Waals surface area contributed by atoms with Gasteiger partial charge in [0.15, 0.2) is 0 Å². The molecule has 210 valence electrons. The number of piperazine rings is 1. The van der Waals surface area contributed by atoms with E-state index in [0.29, 0.717) is 27.7 Å². The predicted octanol–water partition coefficient (Wildman–Crippen LogP) is 6.26. The maximum Gasteiger partial charge on any atom is 0.419 e. The number of benzene rings is 2. The third-order valence-corrected chi connectivity index (χ3v) is 8.30. The van der Waals surface area contributed by atoms with E-state index in [-0.39, 0.29) is 11.6 Å². The van der Waals surface area contributed by atoms with Crippen molar-refractivity contribution in [1.82, 2.24) is 24.8 Å². The number of nitrogens with one attached hydrogen (secondary N) is 2. The fraction of sp³-hybridized carbons (Fsp3) is 0.379. The van der Waals surface area contributed by atoms with Crippen LogP contribution in [-0.2, 0) is 6.18 Å². The lowest BCUT2D eigenvalue weighted by atomic mass is 10.0. The fourth-order valence-corrected chi connectivity index (χ4v) is 6.05. The molecule has 0 aliphatic carbocycles. The number of H-pyrrole nitrogens is 1. The molecule has 11 heteroatoms. The summed E-state index contributed by atoms with van der Waals surface area (Å²) in [5.74, 6) is 0.0603. The monoisotopic (exact) mass is 569 g/mol. The first-order valence-corrected chi connectivity index (χ1v) is 13.9. The fourth-order valence-electron chi connectivity index (χ4n) is 5.75. The third kappa shape index (κ3) is 5.48. The quantitative estimate of drug-likeness (QED) is 0.296. The summed E-state index contributed by atoms with van der Waals surface area (Å²) in [4.78, 5) is 18.6. The lowest BCUT2D eigenvalue weighted by molar-refractivity contribution is -0.137. The molecule has 6 rings (SSSR count). The van der Waals surface area contributed by atoms with Gasteiger partial charge in [0, 0.05) is 79.9 Å². The van der Waals surface area contributed by atoms with Gasteiger partial charge in [-0.1, -0.05) is 29.8 Å². The molecule has 2 N–H and O–H groups in total. The number of aromatic nitrogens is 3. The van der Waals surface area contributed by atoms with Gasteiger partial charge in [-0.05, 0) is 44.2 Å². The minimum Gasteiger partial charge on any atom is -0.370 e. The first-order valence-electron chi connectivity index (χ1n) is 13.5. The Balaban J connectivity index is 1.19. The molecular weight excluding hydrogens is 539 g/mol. The number of hydrogen-bond acceptors (Lipinski definition) is 6. The molecule has 2 aliphatic heterocycles. The van der Waals surface area contributed by atoms with Crippen molar-refractivity contribution in [3.8, 4) is 11.3 Å². The van der Waals surface area contributed by atoms with Crippen molar-refractivity contribution < 1.29 is 13.2 Å². The first kappa shape index (κ1) is 26.9. The second kappa shape index (κ2) is 10.9. The number of alkyl halides is 3. The van der Waals surface area contributed by atoms with Gasteiger partial charge in [0.05, 0.1) is 16.4 Å². The average Bonchev–Trinajstić information content (AvgIpc) is 3.37. The highest BCUT2D eigenvalue weighted by Gasteiger charge is 2.36. The summed E-state index contributed by atoms with van der Waals surface area (Å²) in [5.41, 5.74) is 1.57. The molecule has 40 heavy (non-hydrogen) atoms. The van der Waals surface area contributed by atoms with Crippen LogP contribution < -0.4 is 10.2 Å². The molecule has 7 nitrogen and oxygen atoms in total. The molecule has 0 spiro atoms. The van der Waals surface area contributed by atoms with Gasteiger partial charge in [-0.25, -0.2) is 9.97 Å². The van der Waals surface area contributed by atoms with Crippen LogP contribution in [0.2, 0.25) is 5.02 Å². The van der Waals surface area contributed by atoms with E-state index < -0.39 is 11.7 Å². The molecule has 4 heterocycles. The van der Waals surface area contributed by atoms with E-state index in [1.807, 2.05) is 24.3 Å². The van der Waals surface area contributed by atoms with Crippen molar-refractivity contribution in [2.24, 2.45) is 0 Å². The van der Waals surface area contributed by atoms with Crippen LogP contribution >= 0.6 is 11.6 Å². The second-order valence-electron chi connectivity index (χ2n) is 10.6. The molecule has 2 saturated heterocycles. The summed E-state index contributed by atoms with van der Waals surface area (Å²) in [5, 5.41) is 4.27. The van der Waals surface area contributed by atoms with Gasteiger partial charge in [0.1, 0.15) is 5.56 Å². The van der Waals surface area contributed by atoms with Gasteiger partial charge in [0.2, 0.25) is 5.95 Å². The Morgan fingerprint density at radius 2 is 1.75 bits per heavy atom. The number of para-hydroxylation sites is 1. The Kier molecular flexibility index (Phi) is 7.33. The summed E-state index contributed by atoms with van der Waals surface area (Å²) in [6.07, 6.45) is -0.0430. The summed E-state index contributed by atoms with van der Waals surface area (Å²) < 4.78 is 41.6. The summed E-state index contributed by atoms with van der Waals surface area (Å²) in [6.45, 7) is 6.34. The number of rotatable bonds is 5. The van der Waals surface area contributed by atoms with Crippen LogP contribution in [0.5, 0.6) is 0 Å². The number of fused-ring (bicyclic) bond motifs is 1. The molecule has 0 radical (unpaired) electrons. The molecule has 0 bridgehead atoms. The molecular formula is C29H31ClF3N7. The van der Waals surface area contributed by atoms with Gasteiger partial charge >= 0.3 is 6.18 Å². The van der Waals surface area contributed by atoms with Crippen molar-refractivity contribution in [1.29, 1.82) is 0 Å². The lowest BCUT2D eigenvalue weighted by Crippen LogP contribution is -2.52. The SMILES string of the molecule is CN1CCN(C2CCN(c3ccc(Nc4ncc(C(F)(F)F)c(-c5c[nH]c6ccccc56)n4)cc3Cl)CC2)CC1. The van der Waals surface area contributed by atoms with Crippen molar-refractivity contribution in [3.05, 3.63) is 65.4 Å². The first-order chi connectivity index (χ1) is 19.3. The highest BCUT2D eigenvalue weighted by molar-refractivity contribution is 6.33. The molecule has 0 amide bonds. The summed E-state index contributed by atoms with van der Waals surface area (Å²) in [7, 11) is 2.17. The van der Waals surface area contributed by atoms with Crippen molar-refractivity contribution >= 4 is 39.8 Å². The molecule has 2 aromatic carbocycles. The molecule has 2 fully saturated rings. The molecule has 0 atom stereocenters. The van der Waals surface area contributed by atoms with E-state index in [4.69, 9.17) is 11.6 Å². The predicted molar refractivity (Wildman–Crippen MR) is 153 cm³/mol. The number of likely N-dealkylation sites (N-methyl/N-ethyl adjacent to an activating group) is 1. The van der Waals surface area contributed by atoms with Crippen LogP contribution in [0.15, 0.2) is 54.9 Å². The summed E-state index contributed by atoms with van der Waals surface area (Å²) in [6, 6.07) is 13.4. The normalized spacial score (nSPS) is 18.0. The standard InChI is InChI=1S/C29H31ClF3N7/c1-38-12-14-39(15-13-38)20-8-10-40(11-9-20)26-7-6-19(16-24(26)30)36-28-35-18-23(29(31,32)33)27(37-28)22-17-34-25-5-3-2-4-21(22)25/h2-7,16-18,20,34H,8-15H2,1H3,(H,35,36,37). The van der Waals surface area contributed by atoms with Gasteiger partial charge in [-0.2, -0.15) is 13.2 Å². The molecule has 0 unspecified atom stereocenters. The number of anilines is 3. The van der Waals surface area contributed by atoms with Crippen molar-refractivity contribution in [2.45, 2.75) is 25.1 Å². The van der Waals surface area contributed by atoms with Crippen molar-refractivity contribution in [2.75, 3.05) is 56.5 Å². The Morgan fingerprint density at radius 3 is 2.48 bits per heavy atom. The molecule has 2 aliphatic rings. The lowest BCUT2D eigenvalue weighted by Gasteiger charge is -2.42. The van der Waals surface area contributed by atoms with E-state index >= 15 is 0 Å². The minimum atomic E-state index is -4.60. The topological polar surface area (TPSA) is 63.3 Å². The zero-order valence-corrected chi connectivity index (χ0v) is 22.9. The van der Waals surface area contributed by atoms with Crippen LogP contribution in [0, 0.1) is 0 Å². The van der Waals surface area contributed by atoms with Crippen LogP contribution in [0.4, 0.5) is 30.5 Å². The number of piperidine rings is 1. The van der Waals surface area contributed by atoms with Crippen LogP contribution in [0.3, 0.4) is 0 Å². The Bertz CT molecular complexity index is 1490. The third-order valence-electron chi connectivity index (χ3n) is 8.00. The zero-order valence-electron chi connectivity index (χ0n) is 22.2. The van der Waals surface area contributed by atoms with Gasteiger partial charge < -0.3 is 20.1 Å². The van der Waals surface area contributed by atoms with E-state index in [9.17, 15) is 13.2 Å². The van der Waals surface area contributed by atoms with E-state index in [0.717, 1.165) is 69.5 Å². The van der Waals surface area contributed by atoms with Crippen LogP contribution in [-0.4, -0.2) is 77.1 Å². The molecule has 0 saturated carbocycles. The summed E-state index contributed by atoms with van der Waals surface area (Å²) >= 11 is 6.70. The Morgan fingerprint density at radius 1 is 1.00 bits per heavy atom. The largest absolute Gasteiger partial charge is 0.419 e. The van der Waals surface area contributed by atoms with E-state index in [2.05, 4.69) is 42.0 Å². The van der Waals surface area contributed by atoms with Crippen LogP contribution in [0.1, 0.15) is 18.4 Å². The van der Waals surface area contributed by atoms with Gasteiger partial charge in [-0.3, -0.25) is 4.90 Å². The minimum absolute atomic E-state index is 0.0603. The number of hydrogen-bond donors (Lipinski definition) is 2. The Hall–Kier alpha value is -3.34. The maximum atomic E-state index is 13.9. The highest BCUT2D eigenvalue weighted by Crippen LogP contribution is 2.39. The van der Waals surface area contributed by atoms with Gasteiger partial charge in [0.25, 0.3) is 0 Å². The molecule has 4 aromatic rings. The van der Waals surface area contributed by atoms with Gasteiger partial charge in [-0.15, -0.1) is 0 Å². The number of halogens is 4. The zero-order chi connectivity index (χ0) is 27.9. The number of aromatic amines is 1. The molecule has 2 aromatic heterocycles. The average molecular weight is 570 g/mol. The number of nitrogens with zero attached hydrogens (tertiary/aromatic N) is 5. The second-order valence-corrected chi connectivity index (χ2v) is 11.0. The van der Waals surface area contributed by atoms with E-state index in [1.165, 1.54) is 0 Å². The van der Waals surface area contributed by atoms with E-state index in [1.54, 1.807) is 24.4 Å². The maximum absolute atomic E-state index is 13.9. The smallest absolute Gasteiger partial charge is 0.370 e. The Labute approximate surface area is 236 Å². The van der Waals surface area contributed by atoms with Crippen LogP contribution in [0.25, 0.3) is 22.2 Å². The van der Waals surface area contributed by atoms with Crippen molar-refractivity contribution in [3.63, 3.8) is 0 Å². The highest BCUT2D eigenvalue weighted by atomic mass is 35.5.